The van der Waals surface area contributed by atoms with E-state index >= 15 is 0 Å². The van der Waals surface area contributed by atoms with Crippen molar-refractivity contribution in [1.82, 2.24) is 19.5 Å². The van der Waals surface area contributed by atoms with Crippen LogP contribution in [-0.2, 0) is 0 Å². The Hall–Kier alpha value is -7.37. The average Bonchev–Trinajstić information content (AvgIpc) is 3.79. The van der Waals surface area contributed by atoms with Gasteiger partial charge in [0.15, 0.2) is 17.5 Å². The molecule has 0 aliphatic carbocycles. The smallest absolute Gasteiger partial charge is 0.164 e. The summed E-state index contributed by atoms with van der Waals surface area (Å²) in [5, 5.41) is 6.86. The van der Waals surface area contributed by atoms with E-state index in [-0.39, 0.29) is 0 Å². The molecule has 0 aliphatic rings. The Balaban J connectivity index is 1.07. The van der Waals surface area contributed by atoms with Crippen molar-refractivity contribution < 1.29 is 4.42 Å². The molecule has 0 N–H and O–H groups in total. The van der Waals surface area contributed by atoms with Gasteiger partial charge in [-0.2, -0.15) is 0 Å². The number of furan rings is 1. The van der Waals surface area contributed by atoms with Crippen molar-refractivity contribution in [2.45, 2.75) is 0 Å². The van der Waals surface area contributed by atoms with Gasteiger partial charge in [0, 0.05) is 43.6 Å². The van der Waals surface area contributed by atoms with Gasteiger partial charge < -0.3 is 8.98 Å². The third-order valence-electron chi connectivity index (χ3n) is 10.5. The molecule has 5 nitrogen and oxygen atoms in total. The molecule has 0 radical (unpaired) electrons. The van der Waals surface area contributed by atoms with Crippen molar-refractivity contribution in [2.75, 3.05) is 0 Å². The molecule has 0 amide bonds. The zero-order valence-corrected chi connectivity index (χ0v) is 29.0. The largest absolute Gasteiger partial charge is 0.456 e. The lowest BCUT2D eigenvalue weighted by Gasteiger charge is -2.15. The van der Waals surface area contributed by atoms with E-state index in [1.807, 2.05) is 72.8 Å². The van der Waals surface area contributed by atoms with E-state index in [4.69, 9.17) is 19.4 Å². The van der Waals surface area contributed by atoms with Gasteiger partial charge in [0.05, 0.1) is 16.7 Å². The molecule has 0 fully saturated rings. The molecule has 0 spiro atoms. The molecule has 11 rings (SSSR count). The number of benzene rings is 8. The molecule has 0 atom stereocenters. The highest BCUT2D eigenvalue weighted by molar-refractivity contribution is 6.14. The van der Waals surface area contributed by atoms with Gasteiger partial charge in [-0.25, -0.2) is 15.0 Å². The molecule has 54 heavy (non-hydrogen) atoms. The van der Waals surface area contributed by atoms with Crippen molar-refractivity contribution in [3.8, 4) is 51.0 Å². The number of hydrogen-bond acceptors (Lipinski definition) is 4. The van der Waals surface area contributed by atoms with Gasteiger partial charge in [0.2, 0.25) is 0 Å². The van der Waals surface area contributed by atoms with Crippen LogP contribution in [0.2, 0.25) is 0 Å². The average molecular weight is 691 g/mol. The van der Waals surface area contributed by atoms with Crippen LogP contribution in [0.5, 0.6) is 0 Å². The Bertz CT molecular complexity index is 3110. The summed E-state index contributed by atoms with van der Waals surface area (Å²) in [7, 11) is 0. The van der Waals surface area contributed by atoms with Crippen molar-refractivity contribution in [3.05, 3.63) is 182 Å². The first-order valence-electron chi connectivity index (χ1n) is 18.1. The quantitative estimate of drug-likeness (QED) is 0.180. The maximum absolute atomic E-state index is 6.62. The van der Waals surface area contributed by atoms with E-state index < -0.39 is 0 Å². The number of para-hydroxylation sites is 2. The maximum Gasteiger partial charge on any atom is 0.164 e. The van der Waals surface area contributed by atoms with Crippen LogP contribution in [0.25, 0.3) is 105 Å². The number of rotatable bonds is 5. The van der Waals surface area contributed by atoms with Crippen LogP contribution in [-0.4, -0.2) is 19.5 Å². The molecule has 3 heterocycles. The number of nitrogens with zero attached hydrogens (tertiary/aromatic N) is 4. The fourth-order valence-corrected chi connectivity index (χ4v) is 8.02. The number of aromatic nitrogens is 4. The first-order chi connectivity index (χ1) is 26.8. The Kier molecular flexibility index (Phi) is 6.79. The highest BCUT2D eigenvalue weighted by Crippen LogP contribution is 2.41. The van der Waals surface area contributed by atoms with Crippen LogP contribution in [0.3, 0.4) is 0 Å². The molecule has 5 heteroatoms. The van der Waals surface area contributed by atoms with E-state index in [1.54, 1.807) is 0 Å². The van der Waals surface area contributed by atoms with E-state index in [0.29, 0.717) is 17.5 Å². The summed E-state index contributed by atoms with van der Waals surface area (Å²) < 4.78 is 9.02. The summed E-state index contributed by atoms with van der Waals surface area (Å²) in [4.78, 5) is 15.0. The Morgan fingerprint density at radius 3 is 1.59 bits per heavy atom. The number of fused-ring (bicyclic) bond motifs is 7. The minimum atomic E-state index is 0.603. The minimum absolute atomic E-state index is 0.603. The lowest BCUT2D eigenvalue weighted by atomic mass is 9.96. The van der Waals surface area contributed by atoms with Gasteiger partial charge >= 0.3 is 0 Å². The minimum Gasteiger partial charge on any atom is -0.456 e. The third kappa shape index (κ3) is 4.76. The topological polar surface area (TPSA) is 56.7 Å². The van der Waals surface area contributed by atoms with Crippen LogP contribution < -0.4 is 0 Å². The predicted molar refractivity (Wildman–Crippen MR) is 221 cm³/mol. The fraction of sp³-hybridized carbons (Fsp3) is 0. The normalized spacial score (nSPS) is 11.7. The van der Waals surface area contributed by atoms with E-state index in [0.717, 1.165) is 55.4 Å². The van der Waals surface area contributed by atoms with Gasteiger partial charge in [-0.05, 0) is 52.9 Å². The lowest BCUT2D eigenvalue weighted by Crippen LogP contribution is -2.00. The molecule has 0 saturated carbocycles. The second-order valence-corrected chi connectivity index (χ2v) is 13.6. The molecule has 252 valence electrons. The molecular weight excluding hydrogens is 661 g/mol. The summed E-state index contributed by atoms with van der Waals surface area (Å²) in [6.45, 7) is 0. The second kappa shape index (κ2) is 12.1. The zero-order chi connectivity index (χ0) is 35.6. The summed E-state index contributed by atoms with van der Waals surface area (Å²) in [5.41, 5.74) is 10.1. The first kappa shape index (κ1) is 30.3. The summed E-state index contributed by atoms with van der Waals surface area (Å²) >= 11 is 0. The molecule has 0 saturated heterocycles. The van der Waals surface area contributed by atoms with Gasteiger partial charge in [-0.15, -0.1) is 0 Å². The Morgan fingerprint density at radius 2 is 0.926 bits per heavy atom. The molecule has 0 unspecified atom stereocenters. The lowest BCUT2D eigenvalue weighted by molar-refractivity contribution is 0.669. The van der Waals surface area contributed by atoms with E-state index in [2.05, 4.69) is 114 Å². The summed E-state index contributed by atoms with van der Waals surface area (Å²) in [6, 6.07) is 63.3. The fourth-order valence-electron chi connectivity index (χ4n) is 8.02. The Labute approximate surface area is 310 Å². The Morgan fingerprint density at radius 1 is 0.352 bits per heavy atom. The molecule has 0 bridgehead atoms. The van der Waals surface area contributed by atoms with Crippen LogP contribution in [0, 0.1) is 0 Å². The summed E-state index contributed by atoms with van der Waals surface area (Å²) in [5.74, 6) is 1.86. The van der Waals surface area contributed by atoms with Crippen LogP contribution in [0.1, 0.15) is 0 Å². The third-order valence-corrected chi connectivity index (χ3v) is 10.5. The molecular formula is C49H30N4O. The maximum atomic E-state index is 6.62. The molecule has 11 aromatic rings. The highest BCUT2D eigenvalue weighted by Gasteiger charge is 2.20. The zero-order valence-electron chi connectivity index (χ0n) is 29.0. The van der Waals surface area contributed by atoms with E-state index in [9.17, 15) is 0 Å². The standard InChI is InChI=1S/C49H30N4O/c1-3-14-31(15-4-1)47-50-48(32-16-5-2-6-17-32)52-49(51-47)40-22-13-25-44-46(40)39-27-26-33(30-45(39)54-44)34-28-29-43(36-19-8-7-18-35(34)36)53-41-23-11-9-20-37(41)38-21-10-12-24-42(38)53/h1-30H. The van der Waals surface area contributed by atoms with Crippen LogP contribution in [0.4, 0.5) is 0 Å². The van der Waals surface area contributed by atoms with Crippen molar-refractivity contribution in [1.29, 1.82) is 0 Å². The van der Waals surface area contributed by atoms with Crippen LogP contribution >= 0.6 is 0 Å². The van der Waals surface area contributed by atoms with Gasteiger partial charge in [-0.1, -0.05) is 146 Å². The molecule has 8 aromatic carbocycles. The van der Waals surface area contributed by atoms with Gasteiger partial charge in [0.1, 0.15) is 11.2 Å². The predicted octanol–water partition coefficient (Wildman–Crippen LogP) is 12.7. The second-order valence-electron chi connectivity index (χ2n) is 13.6. The first-order valence-corrected chi connectivity index (χ1v) is 18.1. The summed E-state index contributed by atoms with van der Waals surface area (Å²) in [6.07, 6.45) is 0. The van der Waals surface area contributed by atoms with Crippen molar-refractivity contribution in [2.24, 2.45) is 0 Å². The van der Waals surface area contributed by atoms with Gasteiger partial charge in [0.25, 0.3) is 0 Å². The monoisotopic (exact) mass is 690 g/mol. The van der Waals surface area contributed by atoms with Crippen LogP contribution in [0.15, 0.2) is 186 Å². The SMILES string of the molecule is c1ccc(-c2nc(-c3ccccc3)nc(-c3cccc4oc5cc(-c6ccc(-n7c8ccccc8c8ccccc87)c7ccccc67)ccc5c34)n2)cc1. The van der Waals surface area contributed by atoms with Gasteiger partial charge in [-0.3, -0.25) is 0 Å². The molecule has 0 aliphatic heterocycles. The van der Waals surface area contributed by atoms with E-state index in [1.165, 1.54) is 32.6 Å². The van der Waals surface area contributed by atoms with Crippen molar-refractivity contribution >= 4 is 54.5 Å². The van der Waals surface area contributed by atoms with Crippen molar-refractivity contribution in [3.63, 3.8) is 0 Å². The number of hydrogen-bond donors (Lipinski definition) is 0. The molecule has 3 aromatic heterocycles. The highest BCUT2D eigenvalue weighted by atomic mass is 16.3.